The van der Waals surface area contributed by atoms with Crippen LogP contribution < -0.4 is 20.1 Å². The number of nitrogens with one attached hydrogen (secondary N) is 3. The molecule has 0 unspecified atom stereocenters. The van der Waals surface area contributed by atoms with Gasteiger partial charge in [-0.15, -0.1) is 0 Å². The van der Waals surface area contributed by atoms with E-state index < -0.39 is 39.6 Å². The van der Waals surface area contributed by atoms with E-state index in [1.165, 1.54) is 38.3 Å². The smallest absolute Gasteiger partial charge is 0.416 e. The van der Waals surface area contributed by atoms with Gasteiger partial charge in [-0.2, -0.15) is 17.9 Å². The molecule has 0 radical (unpaired) electrons. The van der Waals surface area contributed by atoms with E-state index in [-0.39, 0.29) is 23.5 Å². The summed E-state index contributed by atoms with van der Waals surface area (Å²) >= 11 is 0. The third-order valence-corrected chi connectivity index (χ3v) is 5.84. The maximum absolute atomic E-state index is 12.6. The molecule has 32 heavy (non-hydrogen) atoms. The van der Waals surface area contributed by atoms with Gasteiger partial charge in [0, 0.05) is 18.7 Å². The number of hydrogen-bond acceptors (Lipinski definition) is 5. The number of amides is 2. The van der Waals surface area contributed by atoms with E-state index in [9.17, 15) is 31.2 Å². The molecule has 2 amide bonds. The molecule has 0 saturated heterocycles. The predicted molar refractivity (Wildman–Crippen MR) is 110 cm³/mol. The Labute approximate surface area is 183 Å². The summed E-state index contributed by atoms with van der Waals surface area (Å²) in [5.74, 6) is -0.750. The first-order valence-electron chi connectivity index (χ1n) is 9.33. The van der Waals surface area contributed by atoms with Crippen molar-refractivity contribution < 1.29 is 35.9 Å². The molecule has 2 aromatic rings. The molecule has 174 valence electrons. The predicted octanol–water partition coefficient (Wildman–Crippen LogP) is 1.93. The minimum Gasteiger partial charge on any atom is -0.497 e. The number of alkyl halides is 3. The number of sulfonamides is 1. The summed E-state index contributed by atoms with van der Waals surface area (Å²) in [6.07, 6.45) is -4.50. The van der Waals surface area contributed by atoms with Crippen LogP contribution in [0.5, 0.6) is 5.75 Å². The first kappa shape index (κ1) is 25.1. The molecule has 2 rings (SSSR count). The first-order chi connectivity index (χ1) is 14.9. The molecule has 0 aliphatic heterocycles. The van der Waals surface area contributed by atoms with Gasteiger partial charge in [0.05, 0.1) is 23.6 Å². The molecule has 1 atom stereocenters. The van der Waals surface area contributed by atoms with Crippen molar-refractivity contribution in [1.82, 2.24) is 15.4 Å². The zero-order valence-electron chi connectivity index (χ0n) is 17.2. The number of benzene rings is 2. The molecular formula is C20H22F3N3O5S. The first-order valence-corrected chi connectivity index (χ1v) is 10.8. The highest BCUT2D eigenvalue weighted by atomic mass is 32.2. The zero-order chi connectivity index (χ0) is 23.9. The van der Waals surface area contributed by atoms with Crippen molar-refractivity contribution in [3.8, 4) is 5.75 Å². The Balaban J connectivity index is 1.80. The van der Waals surface area contributed by atoms with Crippen molar-refractivity contribution >= 4 is 21.8 Å². The summed E-state index contributed by atoms with van der Waals surface area (Å²) in [6.45, 7) is 1.33. The van der Waals surface area contributed by atoms with E-state index in [1.54, 1.807) is 0 Å². The van der Waals surface area contributed by atoms with Gasteiger partial charge < -0.3 is 15.4 Å². The maximum atomic E-state index is 12.6. The van der Waals surface area contributed by atoms with Gasteiger partial charge in [-0.25, -0.2) is 8.42 Å². The van der Waals surface area contributed by atoms with Crippen molar-refractivity contribution in [2.24, 2.45) is 0 Å². The van der Waals surface area contributed by atoms with Crippen LogP contribution in [0.3, 0.4) is 0 Å². The van der Waals surface area contributed by atoms with E-state index in [0.717, 1.165) is 24.3 Å². The largest absolute Gasteiger partial charge is 0.497 e. The Hall–Kier alpha value is -3.12. The molecular weight excluding hydrogens is 451 g/mol. The molecule has 8 nitrogen and oxygen atoms in total. The lowest BCUT2D eigenvalue weighted by atomic mass is 10.1. The second-order valence-electron chi connectivity index (χ2n) is 6.64. The fourth-order valence-electron chi connectivity index (χ4n) is 2.54. The van der Waals surface area contributed by atoms with Gasteiger partial charge in [-0.3, -0.25) is 9.59 Å². The summed E-state index contributed by atoms with van der Waals surface area (Å²) in [5, 5.41) is 4.91. The molecule has 3 N–H and O–H groups in total. The number of carbonyl (C=O) groups is 2. The Morgan fingerprint density at radius 2 is 1.53 bits per heavy atom. The maximum Gasteiger partial charge on any atom is 0.416 e. The summed E-state index contributed by atoms with van der Waals surface area (Å²) in [6, 6.07) is 8.22. The number of hydrogen-bond donors (Lipinski definition) is 3. The van der Waals surface area contributed by atoms with Crippen LogP contribution in [0.15, 0.2) is 53.4 Å². The standard InChI is InChI=1S/C20H22F3N3O5S/c1-13(26-32(29,30)17-9-7-16(31-2)8-10-17)18(27)24-11-12-25-19(28)14-3-5-15(6-4-14)20(21,22)23/h3-10,13,26H,11-12H2,1-2H3,(H,24,27)(H,25,28)/t13-/m0/s1. The zero-order valence-corrected chi connectivity index (χ0v) is 18.0. The lowest BCUT2D eigenvalue weighted by molar-refractivity contribution is -0.137. The van der Waals surface area contributed by atoms with Gasteiger partial charge in [0.2, 0.25) is 15.9 Å². The topological polar surface area (TPSA) is 114 Å². The Bertz CT molecular complexity index is 1040. The van der Waals surface area contributed by atoms with Crippen LogP contribution in [0, 0.1) is 0 Å². The van der Waals surface area contributed by atoms with Crippen LogP contribution in [-0.4, -0.2) is 46.5 Å². The molecule has 0 heterocycles. The van der Waals surface area contributed by atoms with Crippen molar-refractivity contribution in [2.45, 2.75) is 24.0 Å². The van der Waals surface area contributed by atoms with Crippen LogP contribution in [0.25, 0.3) is 0 Å². The van der Waals surface area contributed by atoms with Crippen molar-refractivity contribution in [3.63, 3.8) is 0 Å². The molecule has 2 aromatic carbocycles. The molecule has 0 spiro atoms. The molecule has 0 aliphatic carbocycles. The van der Waals surface area contributed by atoms with Crippen molar-refractivity contribution in [3.05, 3.63) is 59.7 Å². The normalized spacial score (nSPS) is 12.7. The number of rotatable bonds is 9. The van der Waals surface area contributed by atoms with Crippen LogP contribution >= 0.6 is 0 Å². The van der Waals surface area contributed by atoms with E-state index in [1.807, 2.05) is 0 Å². The van der Waals surface area contributed by atoms with Gasteiger partial charge in [-0.1, -0.05) is 0 Å². The highest BCUT2D eigenvalue weighted by Crippen LogP contribution is 2.29. The van der Waals surface area contributed by atoms with Gasteiger partial charge in [0.15, 0.2) is 0 Å². The summed E-state index contributed by atoms with van der Waals surface area (Å²) in [7, 11) is -2.50. The third kappa shape index (κ3) is 6.95. The van der Waals surface area contributed by atoms with E-state index in [0.29, 0.717) is 5.75 Å². The SMILES string of the molecule is COc1ccc(S(=O)(=O)N[C@@H](C)C(=O)NCCNC(=O)c2ccc(C(F)(F)F)cc2)cc1. The highest BCUT2D eigenvalue weighted by Gasteiger charge is 2.30. The molecule has 0 aromatic heterocycles. The number of halogens is 3. The van der Waals surface area contributed by atoms with Crippen molar-refractivity contribution in [2.75, 3.05) is 20.2 Å². The summed E-state index contributed by atoms with van der Waals surface area (Å²) in [5.41, 5.74) is -0.836. The third-order valence-electron chi connectivity index (χ3n) is 4.28. The van der Waals surface area contributed by atoms with Crippen molar-refractivity contribution in [1.29, 1.82) is 0 Å². The fourth-order valence-corrected chi connectivity index (χ4v) is 3.74. The molecule has 0 fully saturated rings. The number of carbonyl (C=O) groups excluding carboxylic acids is 2. The molecule has 0 saturated carbocycles. The summed E-state index contributed by atoms with van der Waals surface area (Å²) in [4.78, 5) is 24.1. The highest BCUT2D eigenvalue weighted by molar-refractivity contribution is 7.89. The van der Waals surface area contributed by atoms with Gasteiger partial charge in [0.1, 0.15) is 5.75 Å². The van der Waals surface area contributed by atoms with Crippen LogP contribution in [0.4, 0.5) is 13.2 Å². The minimum atomic E-state index is -4.50. The van der Waals surface area contributed by atoms with Crippen LogP contribution in [0.1, 0.15) is 22.8 Å². The second kappa shape index (κ2) is 10.5. The average molecular weight is 473 g/mol. The minimum absolute atomic E-state index is 0.0104. The van der Waals surface area contributed by atoms with E-state index in [2.05, 4.69) is 15.4 Å². The van der Waals surface area contributed by atoms with Gasteiger partial charge in [0.25, 0.3) is 5.91 Å². The van der Waals surface area contributed by atoms with Crippen LogP contribution in [-0.2, 0) is 21.0 Å². The van der Waals surface area contributed by atoms with E-state index in [4.69, 9.17) is 4.74 Å². The van der Waals surface area contributed by atoms with Gasteiger partial charge >= 0.3 is 6.18 Å². The Kier molecular flexibility index (Phi) is 8.22. The Morgan fingerprint density at radius 3 is 2.06 bits per heavy atom. The fraction of sp³-hybridized carbons (Fsp3) is 0.300. The second-order valence-corrected chi connectivity index (χ2v) is 8.35. The quantitative estimate of drug-likeness (QED) is 0.482. The number of ether oxygens (including phenoxy) is 1. The Morgan fingerprint density at radius 1 is 0.969 bits per heavy atom. The van der Waals surface area contributed by atoms with E-state index >= 15 is 0 Å². The lowest BCUT2D eigenvalue weighted by Crippen LogP contribution is -2.46. The molecule has 0 aliphatic rings. The summed E-state index contributed by atoms with van der Waals surface area (Å²) < 4.78 is 69.6. The van der Waals surface area contributed by atoms with Crippen LogP contribution in [0.2, 0.25) is 0 Å². The molecule has 12 heteroatoms. The van der Waals surface area contributed by atoms with Gasteiger partial charge in [-0.05, 0) is 55.5 Å². The lowest BCUT2D eigenvalue weighted by Gasteiger charge is -2.15. The molecule has 0 bridgehead atoms. The monoisotopic (exact) mass is 473 g/mol. The number of methoxy groups -OCH3 is 1. The average Bonchev–Trinajstić information content (AvgIpc) is 2.75.